The van der Waals surface area contributed by atoms with Gasteiger partial charge >= 0.3 is 5.69 Å². The maximum Gasteiger partial charge on any atom is 0.334 e. The highest BCUT2D eigenvalue weighted by Crippen LogP contribution is 2.21. The van der Waals surface area contributed by atoms with Gasteiger partial charge in [-0.15, -0.1) is 11.3 Å². The molecule has 0 aliphatic heterocycles. The normalized spacial score (nSPS) is 12.2. The Balaban J connectivity index is 1.76. The first kappa shape index (κ1) is 16.2. The van der Waals surface area contributed by atoms with Crippen LogP contribution in [0.4, 0.5) is 5.95 Å². The molecule has 0 unspecified atom stereocenters. The fourth-order valence-electron chi connectivity index (χ4n) is 2.69. The molecule has 3 heterocycles. The first-order chi connectivity index (χ1) is 12.6. The van der Waals surface area contributed by atoms with Gasteiger partial charge in [0.15, 0.2) is 5.65 Å². The summed E-state index contributed by atoms with van der Waals surface area (Å²) in [4.78, 5) is 37.4. The molecule has 0 saturated carbocycles. The van der Waals surface area contributed by atoms with Crippen molar-refractivity contribution in [3.63, 3.8) is 0 Å². The lowest BCUT2D eigenvalue weighted by atomic mass is 10.3. The number of nitrogens with one attached hydrogen (secondary N) is 2. The molecule has 130 valence electrons. The fourth-order valence-corrected chi connectivity index (χ4v) is 3.42. The molecular formula is C18H15N5O2S. The van der Waals surface area contributed by atoms with Gasteiger partial charge in [0, 0.05) is 11.1 Å². The molecule has 4 rings (SSSR count). The van der Waals surface area contributed by atoms with Gasteiger partial charge in [-0.2, -0.15) is 4.98 Å². The molecule has 0 fully saturated rings. The molecule has 0 bridgehead atoms. The minimum atomic E-state index is -0.537. The summed E-state index contributed by atoms with van der Waals surface area (Å²) < 4.78 is 1.08. The molecule has 4 aromatic rings. The van der Waals surface area contributed by atoms with Crippen molar-refractivity contribution in [2.24, 2.45) is 0 Å². The Kier molecular flexibility index (Phi) is 4.10. The van der Waals surface area contributed by atoms with Gasteiger partial charge in [-0.1, -0.05) is 24.3 Å². The standard InChI is InChI=1S/C18H15N5O2S/c1-11(14-8-5-9-26-14)20-17-19-10-13-15(21-17)22-18(25)23(16(13)24)12-6-3-2-4-7-12/h2-11H,1H3,(H2,19,20,21,22,25)/t11-/m0/s1. The summed E-state index contributed by atoms with van der Waals surface area (Å²) in [7, 11) is 0. The van der Waals surface area contributed by atoms with Crippen molar-refractivity contribution in [1.29, 1.82) is 0 Å². The number of thiophene rings is 1. The van der Waals surface area contributed by atoms with Crippen LogP contribution >= 0.6 is 11.3 Å². The second-order valence-corrected chi connectivity index (χ2v) is 6.72. The molecule has 0 spiro atoms. The Morgan fingerprint density at radius 3 is 2.69 bits per heavy atom. The minimum absolute atomic E-state index is 0.0175. The van der Waals surface area contributed by atoms with E-state index in [-0.39, 0.29) is 17.1 Å². The van der Waals surface area contributed by atoms with Gasteiger partial charge in [0.05, 0.1) is 11.7 Å². The van der Waals surface area contributed by atoms with E-state index in [0.29, 0.717) is 11.6 Å². The number of hydrogen-bond acceptors (Lipinski definition) is 6. The predicted octanol–water partition coefficient (Wildman–Crippen LogP) is 2.70. The van der Waals surface area contributed by atoms with Crippen LogP contribution in [-0.4, -0.2) is 19.5 Å². The summed E-state index contributed by atoms with van der Waals surface area (Å²) in [5, 5.41) is 5.43. The van der Waals surface area contributed by atoms with Crippen molar-refractivity contribution in [2.75, 3.05) is 5.32 Å². The molecule has 1 aromatic carbocycles. The van der Waals surface area contributed by atoms with E-state index in [2.05, 4.69) is 20.3 Å². The molecule has 0 radical (unpaired) electrons. The van der Waals surface area contributed by atoms with Crippen molar-refractivity contribution in [3.8, 4) is 5.69 Å². The third kappa shape index (κ3) is 2.91. The largest absolute Gasteiger partial charge is 0.347 e. The third-order valence-electron chi connectivity index (χ3n) is 3.98. The number of fused-ring (bicyclic) bond motifs is 1. The molecular weight excluding hydrogens is 350 g/mol. The van der Waals surface area contributed by atoms with Crippen LogP contribution in [0.5, 0.6) is 0 Å². The number of aromatic amines is 1. The molecule has 7 nitrogen and oxygen atoms in total. The van der Waals surface area contributed by atoms with Crippen molar-refractivity contribution in [3.05, 3.63) is 79.8 Å². The van der Waals surface area contributed by atoms with Crippen molar-refractivity contribution < 1.29 is 0 Å². The van der Waals surface area contributed by atoms with Crippen LogP contribution in [0.1, 0.15) is 17.8 Å². The number of H-pyrrole nitrogens is 1. The summed E-state index contributed by atoms with van der Waals surface area (Å²) in [6, 6.07) is 12.8. The molecule has 0 aliphatic rings. The molecule has 2 N–H and O–H groups in total. The first-order valence-electron chi connectivity index (χ1n) is 8.01. The Morgan fingerprint density at radius 2 is 1.96 bits per heavy atom. The van der Waals surface area contributed by atoms with E-state index < -0.39 is 11.2 Å². The van der Waals surface area contributed by atoms with Gasteiger partial charge in [-0.3, -0.25) is 9.78 Å². The van der Waals surface area contributed by atoms with E-state index in [1.54, 1.807) is 35.6 Å². The van der Waals surface area contributed by atoms with Gasteiger partial charge in [0.2, 0.25) is 5.95 Å². The van der Waals surface area contributed by atoms with Crippen LogP contribution in [0, 0.1) is 0 Å². The molecule has 3 aromatic heterocycles. The van der Waals surface area contributed by atoms with E-state index >= 15 is 0 Å². The zero-order chi connectivity index (χ0) is 18.1. The van der Waals surface area contributed by atoms with E-state index in [0.717, 1.165) is 9.44 Å². The second kappa shape index (κ2) is 6.57. The van der Waals surface area contributed by atoms with Crippen LogP contribution in [0.15, 0.2) is 63.6 Å². The highest BCUT2D eigenvalue weighted by molar-refractivity contribution is 7.10. The van der Waals surface area contributed by atoms with E-state index in [9.17, 15) is 9.59 Å². The number of rotatable bonds is 4. The first-order valence-corrected chi connectivity index (χ1v) is 8.89. The second-order valence-electron chi connectivity index (χ2n) is 5.74. The van der Waals surface area contributed by atoms with Gasteiger partial charge in [-0.05, 0) is 30.5 Å². The summed E-state index contributed by atoms with van der Waals surface area (Å²) in [6.45, 7) is 2.00. The van der Waals surface area contributed by atoms with Crippen LogP contribution in [-0.2, 0) is 0 Å². The maximum absolute atomic E-state index is 12.7. The van der Waals surface area contributed by atoms with Crippen molar-refractivity contribution in [1.82, 2.24) is 19.5 Å². The van der Waals surface area contributed by atoms with Gasteiger partial charge in [-0.25, -0.2) is 14.3 Å². The number of aromatic nitrogens is 4. The predicted molar refractivity (Wildman–Crippen MR) is 102 cm³/mol. The Morgan fingerprint density at radius 1 is 1.15 bits per heavy atom. The Bertz CT molecular complexity index is 1170. The molecule has 8 heteroatoms. The fraction of sp³-hybridized carbons (Fsp3) is 0.111. The molecule has 0 amide bonds. The van der Waals surface area contributed by atoms with E-state index in [1.165, 1.54) is 6.20 Å². The maximum atomic E-state index is 12.7. The van der Waals surface area contributed by atoms with Crippen LogP contribution in [0.2, 0.25) is 0 Å². The van der Waals surface area contributed by atoms with Crippen molar-refractivity contribution >= 4 is 28.3 Å². The quantitative estimate of drug-likeness (QED) is 0.580. The number of benzene rings is 1. The third-order valence-corrected chi connectivity index (χ3v) is 5.04. The summed E-state index contributed by atoms with van der Waals surface area (Å²) >= 11 is 1.63. The zero-order valence-electron chi connectivity index (χ0n) is 13.8. The summed E-state index contributed by atoms with van der Waals surface area (Å²) in [6.07, 6.45) is 1.43. The SMILES string of the molecule is C[C@H](Nc1ncc2c(=O)n(-c3ccccc3)c(=O)[nH]c2n1)c1cccs1. The minimum Gasteiger partial charge on any atom is -0.347 e. The molecule has 26 heavy (non-hydrogen) atoms. The highest BCUT2D eigenvalue weighted by atomic mass is 32.1. The van der Waals surface area contributed by atoms with Gasteiger partial charge < -0.3 is 5.32 Å². The number of hydrogen-bond donors (Lipinski definition) is 2. The number of anilines is 1. The van der Waals surface area contributed by atoms with Crippen LogP contribution in [0.3, 0.4) is 0 Å². The summed E-state index contributed by atoms with van der Waals surface area (Å²) in [5.41, 5.74) is -0.283. The molecule has 0 saturated heterocycles. The molecule has 0 aliphatic carbocycles. The highest BCUT2D eigenvalue weighted by Gasteiger charge is 2.13. The average molecular weight is 365 g/mol. The smallest absolute Gasteiger partial charge is 0.334 e. The van der Waals surface area contributed by atoms with Gasteiger partial charge in [0.25, 0.3) is 5.56 Å². The number of para-hydroxylation sites is 1. The van der Waals surface area contributed by atoms with Gasteiger partial charge in [0.1, 0.15) is 5.39 Å². The lowest BCUT2D eigenvalue weighted by molar-refractivity contribution is 0.870. The zero-order valence-corrected chi connectivity index (χ0v) is 14.7. The summed E-state index contributed by atoms with van der Waals surface area (Å²) in [5.74, 6) is 0.353. The Hall–Kier alpha value is -3.26. The van der Waals surface area contributed by atoms with Crippen LogP contribution < -0.4 is 16.6 Å². The van der Waals surface area contributed by atoms with E-state index in [4.69, 9.17) is 0 Å². The lowest BCUT2D eigenvalue weighted by Gasteiger charge is -2.12. The monoisotopic (exact) mass is 365 g/mol. The Labute approximate surface area is 152 Å². The van der Waals surface area contributed by atoms with Crippen molar-refractivity contribution in [2.45, 2.75) is 13.0 Å². The van der Waals surface area contributed by atoms with Crippen LogP contribution in [0.25, 0.3) is 16.7 Å². The lowest BCUT2D eigenvalue weighted by Crippen LogP contribution is -2.34. The average Bonchev–Trinajstić information content (AvgIpc) is 3.17. The topological polar surface area (TPSA) is 92.7 Å². The number of nitrogens with zero attached hydrogens (tertiary/aromatic N) is 3. The van der Waals surface area contributed by atoms with E-state index in [1.807, 2.05) is 30.5 Å². The molecule has 1 atom stereocenters.